The molecule has 2 heterocycles. The third-order valence-corrected chi connectivity index (χ3v) is 4.09. The molecule has 114 valence electrons. The molecule has 1 atom stereocenters. The smallest absolute Gasteiger partial charge is 0.326 e. The minimum Gasteiger partial charge on any atom is -0.480 e. The summed E-state index contributed by atoms with van der Waals surface area (Å²) in [6.07, 6.45) is 2.29. The molecule has 2 N–H and O–H groups in total. The molecular formula is C13H23N3O4. The number of piperazine rings is 1. The number of carboxylic acid groups (broad SMARTS) is 1. The molecule has 0 aromatic carbocycles. The summed E-state index contributed by atoms with van der Waals surface area (Å²) in [6, 6.07) is -0.826. The van der Waals surface area contributed by atoms with Gasteiger partial charge in [-0.25, -0.2) is 9.59 Å². The maximum atomic E-state index is 12.5. The number of likely N-dealkylation sites (tertiary alicyclic amines) is 1. The highest BCUT2D eigenvalue weighted by Crippen LogP contribution is 2.19. The SMILES string of the molecule is O=C(O)C1CCCCN1C(=O)N1CCN(CCO)CC1. The van der Waals surface area contributed by atoms with Crippen molar-refractivity contribution in [2.45, 2.75) is 25.3 Å². The number of carboxylic acids is 1. The van der Waals surface area contributed by atoms with Gasteiger partial charge in [-0.15, -0.1) is 0 Å². The third-order valence-electron chi connectivity index (χ3n) is 4.09. The number of amides is 2. The summed E-state index contributed by atoms with van der Waals surface area (Å²) in [5.74, 6) is -0.906. The Bertz CT molecular complexity index is 356. The molecule has 7 nitrogen and oxygen atoms in total. The molecule has 2 rings (SSSR count). The summed E-state index contributed by atoms with van der Waals surface area (Å²) in [7, 11) is 0. The van der Waals surface area contributed by atoms with Crippen LogP contribution in [0.4, 0.5) is 4.79 Å². The van der Waals surface area contributed by atoms with Crippen LogP contribution in [0, 0.1) is 0 Å². The summed E-state index contributed by atoms with van der Waals surface area (Å²) in [5, 5.41) is 18.1. The number of hydrogen-bond donors (Lipinski definition) is 2. The van der Waals surface area contributed by atoms with Gasteiger partial charge in [0, 0.05) is 39.3 Å². The average molecular weight is 285 g/mol. The van der Waals surface area contributed by atoms with E-state index in [1.54, 1.807) is 4.90 Å². The van der Waals surface area contributed by atoms with Gasteiger partial charge in [-0.05, 0) is 19.3 Å². The van der Waals surface area contributed by atoms with Crippen LogP contribution in [0.15, 0.2) is 0 Å². The van der Waals surface area contributed by atoms with Gasteiger partial charge in [0.1, 0.15) is 6.04 Å². The van der Waals surface area contributed by atoms with E-state index in [0.717, 1.165) is 25.9 Å². The van der Waals surface area contributed by atoms with Crippen molar-refractivity contribution in [2.75, 3.05) is 45.9 Å². The van der Waals surface area contributed by atoms with Crippen LogP contribution in [0.3, 0.4) is 0 Å². The molecule has 2 saturated heterocycles. The van der Waals surface area contributed by atoms with Crippen molar-refractivity contribution in [3.05, 3.63) is 0 Å². The monoisotopic (exact) mass is 285 g/mol. The molecule has 0 bridgehead atoms. The van der Waals surface area contributed by atoms with Crippen molar-refractivity contribution in [1.29, 1.82) is 0 Å². The highest BCUT2D eigenvalue weighted by atomic mass is 16.4. The second-order valence-corrected chi connectivity index (χ2v) is 5.38. The molecule has 0 aromatic heterocycles. The van der Waals surface area contributed by atoms with Gasteiger partial charge in [0.25, 0.3) is 0 Å². The Morgan fingerprint density at radius 2 is 1.75 bits per heavy atom. The molecule has 1 unspecified atom stereocenters. The van der Waals surface area contributed by atoms with E-state index in [-0.39, 0.29) is 12.6 Å². The Morgan fingerprint density at radius 1 is 1.05 bits per heavy atom. The first-order valence-electron chi connectivity index (χ1n) is 7.25. The van der Waals surface area contributed by atoms with Gasteiger partial charge >= 0.3 is 12.0 Å². The van der Waals surface area contributed by atoms with Crippen molar-refractivity contribution < 1.29 is 19.8 Å². The highest BCUT2D eigenvalue weighted by Gasteiger charge is 2.35. The van der Waals surface area contributed by atoms with E-state index < -0.39 is 12.0 Å². The maximum Gasteiger partial charge on any atom is 0.326 e. The van der Waals surface area contributed by atoms with Gasteiger partial charge in [0.2, 0.25) is 0 Å². The maximum absolute atomic E-state index is 12.5. The molecular weight excluding hydrogens is 262 g/mol. The fourth-order valence-electron chi connectivity index (χ4n) is 2.90. The fourth-order valence-corrected chi connectivity index (χ4v) is 2.90. The lowest BCUT2D eigenvalue weighted by atomic mass is 10.0. The predicted octanol–water partition coefficient (Wildman–Crippen LogP) is -0.345. The molecule has 0 spiro atoms. The van der Waals surface area contributed by atoms with Crippen molar-refractivity contribution in [3.63, 3.8) is 0 Å². The number of carbonyl (C=O) groups excluding carboxylic acids is 1. The number of nitrogens with zero attached hydrogens (tertiary/aromatic N) is 3. The van der Waals surface area contributed by atoms with Gasteiger partial charge in [-0.1, -0.05) is 0 Å². The number of rotatable bonds is 3. The van der Waals surface area contributed by atoms with E-state index in [1.165, 1.54) is 4.90 Å². The van der Waals surface area contributed by atoms with Crippen LogP contribution in [0.25, 0.3) is 0 Å². The zero-order chi connectivity index (χ0) is 14.5. The van der Waals surface area contributed by atoms with E-state index in [4.69, 9.17) is 5.11 Å². The largest absolute Gasteiger partial charge is 0.480 e. The minimum absolute atomic E-state index is 0.126. The lowest BCUT2D eigenvalue weighted by Crippen LogP contribution is -2.57. The highest BCUT2D eigenvalue weighted by molar-refractivity contribution is 5.83. The molecule has 20 heavy (non-hydrogen) atoms. The molecule has 0 saturated carbocycles. The number of β-amino-alcohol motifs (C(OH)–C–C–N with tert-alkyl or cyclic N) is 1. The second kappa shape index (κ2) is 6.90. The average Bonchev–Trinajstić information content (AvgIpc) is 2.47. The molecule has 0 radical (unpaired) electrons. The Hall–Kier alpha value is -1.34. The zero-order valence-corrected chi connectivity index (χ0v) is 11.7. The Kier molecular flexibility index (Phi) is 5.19. The number of aliphatic carboxylic acids is 1. The van der Waals surface area contributed by atoms with E-state index in [9.17, 15) is 14.7 Å². The third kappa shape index (κ3) is 3.40. The van der Waals surface area contributed by atoms with Crippen molar-refractivity contribution in [2.24, 2.45) is 0 Å². The molecule has 2 fully saturated rings. The van der Waals surface area contributed by atoms with Gasteiger partial charge < -0.3 is 20.0 Å². The standard InChI is InChI=1S/C13H23N3O4/c17-10-9-14-5-7-15(8-6-14)13(20)16-4-2-1-3-11(16)12(18)19/h11,17H,1-10H2,(H,18,19). The van der Waals surface area contributed by atoms with Crippen molar-refractivity contribution in [1.82, 2.24) is 14.7 Å². The van der Waals surface area contributed by atoms with E-state index in [2.05, 4.69) is 4.90 Å². The number of piperidine rings is 1. The summed E-state index contributed by atoms with van der Waals surface area (Å²) in [6.45, 7) is 3.95. The van der Waals surface area contributed by atoms with Crippen LogP contribution in [-0.4, -0.2) is 88.8 Å². The summed E-state index contributed by atoms with van der Waals surface area (Å²) >= 11 is 0. The topological polar surface area (TPSA) is 84.3 Å². The Labute approximate surface area is 118 Å². The predicted molar refractivity (Wildman–Crippen MR) is 72.5 cm³/mol. The van der Waals surface area contributed by atoms with Crippen LogP contribution in [0.2, 0.25) is 0 Å². The molecule has 2 aliphatic rings. The van der Waals surface area contributed by atoms with Gasteiger partial charge in [0.05, 0.1) is 6.61 Å². The number of hydrogen-bond acceptors (Lipinski definition) is 4. The number of aliphatic hydroxyl groups excluding tert-OH is 1. The van der Waals surface area contributed by atoms with Crippen molar-refractivity contribution in [3.8, 4) is 0 Å². The van der Waals surface area contributed by atoms with Crippen LogP contribution < -0.4 is 0 Å². The molecule has 0 aliphatic carbocycles. The second-order valence-electron chi connectivity index (χ2n) is 5.38. The zero-order valence-electron chi connectivity index (χ0n) is 11.7. The van der Waals surface area contributed by atoms with Gasteiger partial charge in [0.15, 0.2) is 0 Å². The Balaban J connectivity index is 1.92. The molecule has 2 aliphatic heterocycles. The first-order valence-corrected chi connectivity index (χ1v) is 7.25. The van der Waals surface area contributed by atoms with Gasteiger partial charge in [-0.2, -0.15) is 0 Å². The van der Waals surface area contributed by atoms with E-state index in [1.807, 2.05) is 0 Å². The van der Waals surface area contributed by atoms with Crippen LogP contribution >= 0.6 is 0 Å². The first-order chi connectivity index (χ1) is 9.63. The van der Waals surface area contributed by atoms with Gasteiger partial charge in [-0.3, -0.25) is 4.90 Å². The summed E-state index contributed by atoms with van der Waals surface area (Å²) in [4.78, 5) is 29.0. The normalized spacial score (nSPS) is 24.8. The van der Waals surface area contributed by atoms with Crippen LogP contribution in [0.1, 0.15) is 19.3 Å². The lowest BCUT2D eigenvalue weighted by molar-refractivity contribution is -0.143. The molecule has 7 heteroatoms. The number of urea groups is 1. The summed E-state index contributed by atoms with van der Waals surface area (Å²) in [5.41, 5.74) is 0. The molecule has 0 aromatic rings. The quantitative estimate of drug-likeness (QED) is 0.741. The fraction of sp³-hybridized carbons (Fsp3) is 0.846. The Morgan fingerprint density at radius 3 is 2.35 bits per heavy atom. The van der Waals surface area contributed by atoms with Crippen molar-refractivity contribution >= 4 is 12.0 Å². The lowest BCUT2D eigenvalue weighted by Gasteiger charge is -2.40. The number of carbonyl (C=O) groups is 2. The van der Waals surface area contributed by atoms with E-state index >= 15 is 0 Å². The summed E-state index contributed by atoms with van der Waals surface area (Å²) < 4.78 is 0. The van der Waals surface area contributed by atoms with E-state index in [0.29, 0.717) is 32.6 Å². The number of aliphatic hydroxyl groups is 1. The van der Waals surface area contributed by atoms with Crippen LogP contribution in [-0.2, 0) is 4.79 Å². The minimum atomic E-state index is -0.906. The molecule has 2 amide bonds. The first kappa shape index (κ1) is 15.1. The van der Waals surface area contributed by atoms with Crippen LogP contribution in [0.5, 0.6) is 0 Å².